The summed E-state index contributed by atoms with van der Waals surface area (Å²) in [4.78, 5) is 16.7. The van der Waals surface area contributed by atoms with Crippen LogP contribution in [-0.2, 0) is 11.0 Å². The van der Waals surface area contributed by atoms with Crippen LogP contribution in [0.1, 0.15) is 12.0 Å². The molecule has 1 N–H and O–H groups in total. The van der Waals surface area contributed by atoms with Gasteiger partial charge in [-0.15, -0.1) is 10.2 Å². The van der Waals surface area contributed by atoms with E-state index in [0.717, 1.165) is 30.3 Å². The van der Waals surface area contributed by atoms with Gasteiger partial charge in [0.05, 0.1) is 17.4 Å². The molecule has 1 unspecified atom stereocenters. The van der Waals surface area contributed by atoms with E-state index in [9.17, 15) is 18.0 Å². The molecule has 2 heterocycles. The van der Waals surface area contributed by atoms with Gasteiger partial charge in [-0.25, -0.2) is 0 Å². The largest absolute Gasteiger partial charge is 0.416 e. The van der Waals surface area contributed by atoms with E-state index in [-0.39, 0.29) is 17.7 Å². The van der Waals surface area contributed by atoms with Crippen LogP contribution in [0.2, 0.25) is 0 Å². The highest BCUT2D eigenvalue weighted by atomic mass is 32.2. The molecule has 0 bridgehead atoms. The second-order valence-electron chi connectivity index (χ2n) is 6.91. The lowest BCUT2D eigenvalue weighted by atomic mass is 10.1. The molecule has 0 saturated carbocycles. The third-order valence-corrected chi connectivity index (χ3v) is 5.57. The summed E-state index contributed by atoms with van der Waals surface area (Å²) in [5.41, 5.74) is 0.194. The molecule has 1 aromatic carbocycles. The molecule has 1 aliphatic rings. The van der Waals surface area contributed by atoms with E-state index in [2.05, 4.69) is 20.5 Å². The predicted molar refractivity (Wildman–Crippen MR) is 115 cm³/mol. The zero-order chi connectivity index (χ0) is 22.6. The van der Waals surface area contributed by atoms with Crippen molar-refractivity contribution in [1.82, 2.24) is 25.1 Å². The van der Waals surface area contributed by atoms with E-state index < -0.39 is 11.7 Å². The van der Waals surface area contributed by atoms with Gasteiger partial charge < -0.3 is 5.32 Å². The van der Waals surface area contributed by atoms with Crippen LogP contribution in [0.5, 0.6) is 0 Å². The quantitative estimate of drug-likeness (QED) is 0.554. The molecule has 6 nitrogen and oxygen atoms in total. The highest BCUT2D eigenvalue weighted by Crippen LogP contribution is 2.32. The van der Waals surface area contributed by atoms with Gasteiger partial charge in [0, 0.05) is 11.9 Å². The normalized spacial score (nSPS) is 15.7. The highest BCUT2D eigenvalue weighted by molar-refractivity contribution is 7.99. The summed E-state index contributed by atoms with van der Waals surface area (Å²) in [6.07, 6.45) is 5.55. The smallest absolute Gasteiger partial charge is 0.349 e. The Hall–Kier alpha value is -3.40. The first-order valence-corrected chi connectivity index (χ1v) is 10.7. The SMILES string of the molecule is O=C(CSc1nnc(-c2ccccn2)n1-c1ccc(C(F)(F)F)cc1)NC1C=CC=CC1. The highest BCUT2D eigenvalue weighted by Gasteiger charge is 2.30. The van der Waals surface area contributed by atoms with Gasteiger partial charge in [-0.2, -0.15) is 13.2 Å². The summed E-state index contributed by atoms with van der Waals surface area (Å²) >= 11 is 1.15. The van der Waals surface area contributed by atoms with Crippen LogP contribution in [0, 0.1) is 0 Å². The van der Waals surface area contributed by atoms with Crippen molar-refractivity contribution in [2.45, 2.75) is 23.8 Å². The number of allylic oxidation sites excluding steroid dienone is 2. The number of nitrogens with one attached hydrogen (secondary N) is 1. The second-order valence-corrected chi connectivity index (χ2v) is 7.86. The van der Waals surface area contributed by atoms with Crippen LogP contribution >= 0.6 is 11.8 Å². The number of hydrogen-bond acceptors (Lipinski definition) is 5. The summed E-state index contributed by atoms with van der Waals surface area (Å²) in [5, 5.41) is 11.6. The number of aromatic nitrogens is 4. The standard InChI is InChI=1S/C22H18F3N5OS/c23-22(24,25)15-9-11-17(12-10-15)30-20(18-8-4-5-13-26-18)28-29-21(30)32-14-19(31)27-16-6-2-1-3-7-16/h1-6,8-13,16H,7,14H2,(H,27,31). The minimum atomic E-state index is -4.44. The van der Waals surface area contributed by atoms with Crippen LogP contribution in [0.4, 0.5) is 13.2 Å². The van der Waals surface area contributed by atoms with Crippen molar-refractivity contribution in [3.63, 3.8) is 0 Å². The van der Waals surface area contributed by atoms with Gasteiger partial charge in [0.2, 0.25) is 5.91 Å². The molecule has 0 aliphatic heterocycles. The number of alkyl halides is 3. The molecule has 0 saturated heterocycles. The lowest BCUT2D eigenvalue weighted by molar-refractivity contribution is -0.137. The summed E-state index contributed by atoms with van der Waals surface area (Å²) in [7, 11) is 0. The van der Waals surface area contributed by atoms with E-state index >= 15 is 0 Å². The molecule has 2 aromatic heterocycles. The Kier molecular flexibility index (Phi) is 6.40. The van der Waals surface area contributed by atoms with E-state index in [1.54, 1.807) is 29.0 Å². The third kappa shape index (κ3) is 5.08. The molecular formula is C22H18F3N5OS. The Morgan fingerprint density at radius 2 is 1.94 bits per heavy atom. The maximum Gasteiger partial charge on any atom is 0.416 e. The third-order valence-electron chi connectivity index (χ3n) is 4.64. The van der Waals surface area contributed by atoms with Crippen molar-refractivity contribution in [1.29, 1.82) is 0 Å². The van der Waals surface area contributed by atoms with Gasteiger partial charge in [-0.3, -0.25) is 14.3 Å². The number of thioether (sulfide) groups is 1. The van der Waals surface area contributed by atoms with Gasteiger partial charge in [-0.1, -0.05) is 42.1 Å². The number of hydrogen-bond donors (Lipinski definition) is 1. The van der Waals surface area contributed by atoms with E-state index in [1.807, 2.05) is 24.3 Å². The van der Waals surface area contributed by atoms with Gasteiger partial charge >= 0.3 is 6.18 Å². The van der Waals surface area contributed by atoms with Crippen molar-refractivity contribution < 1.29 is 18.0 Å². The van der Waals surface area contributed by atoms with E-state index in [0.29, 0.717) is 22.4 Å². The number of amides is 1. The maximum absolute atomic E-state index is 13.0. The number of benzene rings is 1. The van der Waals surface area contributed by atoms with Gasteiger partial charge in [0.25, 0.3) is 0 Å². The maximum atomic E-state index is 13.0. The van der Waals surface area contributed by atoms with Crippen LogP contribution in [0.3, 0.4) is 0 Å². The Bertz CT molecular complexity index is 1140. The van der Waals surface area contributed by atoms with Crippen LogP contribution < -0.4 is 5.32 Å². The predicted octanol–water partition coefficient (Wildman–Crippen LogP) is 4.44. The van der Waals surface area contributed by atoms with Gasteiger partial charge in [0.1, 0.15) is 5.69 Å². The number of rotatable bonds is 6. The fourth-order valence-corrected chi connectivity index (χ4v) is 3.89. The average Bonchev–Trinajstić information content (AvgIpc) is 3.22. The van der Waals surface area contributed by atoms with Crippen LogP contribution in [0.15, 0.2) is 78.1 Å². The number of carbonyl (C=O) groups excluding carboxylic acids is 1. The molecule has 32 heavy (non-hydrogen) atoms. The molecular weight excluding hydrogens is 439 g/mol. The lowest BCUT2D eigenvalue weighted by Gasteiger charge is -2.15. The fraction of sp³-hybridized carbons (Fsp3) is 0.182. The van der Waals surface area contributed by atoms with Gasteiger partial charge in [-0.05, 0) is 42.8 Å². The molecule has 0 radical (unpaired) electrons. The molecule has 4 rings (SSSR count). The molecule has 10 heteroatoms. The zero-order valence-corrected chi connectivity index (χ0v) is 17.5. The summed E-state index contributed by atoms with van der Waals surface area (Å²) in [5.74, 6) is 0.268. The first-order valence-electron chi connectivity index (χ1n) is 9.72. The average molecular weight is 457 g/mol. The summed E-state index contributed by atoms with van der Waals surface area (Å²) in [6, 6.07) is 9.89. The molecule has 1 atom stereocenters. The van der Waals surface area contributed by atoms with Crippen molar-refractivity contribution in [3.8, 4) is 17.2 Å². The number of nitrogens with zero attached hydrogens (tertiary/aromatic N) is 4. The molecule has 3 aromatic rings. The Balaban J connectivity index is 1.60. The van der Waals surface area contributed by atoms with Crippen LogP contribution in [-0.4, -0.2) is 37.5 Å². The minimum Gasteiger partial charge on any atom is -0.349 e. The van der Waals surface area contributed by atoms with E-state index in [4.69, 9.17) is 0 Å². The van der Waals surface area contributed by atoms with Gasteiger partial charge in [0.15, 0.2) is 11.0 Å². The Morgan fingerprint density at radius 1 is 1.12 bits per heavy atom. The molecule has 1 amide bonds. The van der Waals surface area contributed by atoms with Crippen molar-refractivity contribution in [2.75, 3.05) is 5.75 Å². The van der Waals surface area contributed by atoms with E-state index in [1.165, 1.54) is 12.1 Å². The topological polar surface area (TPSA) is 72.7 Å². The Morgan fingerprint density at radius 3 is 2.59 bits per heavy atom. The number of halogens is 3. The van der Waals surface area contributed by atoms with Crippen molar-refractivity contribution >= 4 is 17.7 Å². The second kappa shape index (κ2) is 9.39. The monoisotopic (exact) mass is 457 g/mol. The molecule has 0 spiro atoms. The first kappa shape index (κ1) is 21.8. The van der Waals surface area contributed by atoms with Crippen molar-refractivity contribution in [2.24, 2.45) is 0 Å². The number of pyridine rings is 1. The molecule has 0 fully saturated rings. The van der Waals surface area contributed by atoms with Crippen molar-refractivity contribution in [3.05, 3.63) is 78.5 Å². The molecule has 1 aliphatic carbocycles. The Labute approximate surface area is 186 Å². The fourth-order valence-electron chi connectivity index (χ4n) is 3.12. The number of carbonyl (C=O) groups is 1. The first-order chi connectivity index (χ1) is 15.4. The molecule has 164 valence electrons. The van der Waals surface area contributed by atoms with Crippen LogP contribution in [0.25, 0.3) is 17.2 Å². The zero-order valence-electron chi connectivity index (χ0n) is 16.7. The lowest BCUT2D eigenvalue weighted by Crippen LogP contribution is -2.34. The summed E-state index contributed by atoms with van der Waals surface area (Å²) < 4.78 is 40.6. The minimum absolute atomic E-state index is 0.0648. The summed E-state index contributed by atoms with van der Waals surface area (Å²) in [6.45, 7) is 0.